The van der Waals surface area contributed by atoms with E-state index in [1.165, 1.54) is 23.5 Å². The molecule has 0 unspecified atom stereocenters. The number of thiazole rings is 1. The second-order valence-corrected chi connectivity index (χ2v) is 11.0. The van der Waals surface area contributed by atoms with Crippen molar-refractivity contribution in [3.8, 4) is 0 Å². The number of halogens is 1. The summed E-state index contributed by atoms with van der Waals surface area (Å²) in [5, 5.41) is 11.6. The van der Waals surface area contributed by atoms with E-state index in [4.69, 9.17) is 9.90 Å². The molecular weight excluding hydrogens is 493 g/mol. The molecular formula is C23H30FN5O4S2. The summed E-state index contributed by atoms with van der Waals surface area (Å²) in [7, 11) is -1.83. The van der Waals surface area contributed by atoms with Gasteiger partial charge in [-0.3, -0.25) is 14.4 Å². The molecule has 0 saturated heterocycles. The highest BCUT2D eigenvalue weighted by atomic mass is 32.2. The van der Waals surface area contributed by atoms with Gasteiger partial charge in [-0.15, -0.1) is 11.3 Å². The maximum Gasteiger partial charge on any atom is 0.290 e. The van der Waals surface area contributed by atoms with Gasteiger partial charge in [-0.25, -0.2) is 14.4 Å². The first-order chi connectivity index (χ1) is 16.4. The highest BCUT2D eigenvalue weighted by Gasteiger charge is 2.20. The molecule has 2 aromatic heterocycles. The van der Waals surface area contributed by atoms with Crippen LogP contribution in [0.3, 0.4) is 0 Å². The second-order valence-electron chi connectivity index (χ2n) is 8.62. The lowest BCUT2D eigenvalue weighted by atomic mass is 10.0. The van der Waals surface area contributed by atoms with Crippen LogP contribution in [-0.2, 0) is 27.9 Å². The third-order valence-corrected chi connectivity index (χ3v) is 7.07. The highest BCUT2D eigenvalue weighted by Crippen LogP contribution is 2.23. The van der Waals surface area contributed by atoms with Gasteiger partial charge in [0, 0.05) is 29.6 Å². The Morgan fingerprint density at radius 3 is 2.49 bits per heavy atom. The van der Waals surface area contributed by atoms with Gasteiger partial charge >= 0.3 is 0 Å². The monoisotopic (exact) mass is 523 g/mol. The first kappa shape index (κ1) is 28.1. The molecule has 2 heterocycles. The molecule has 0 saturated carbocycles. The van der Waals surface area contributed by atoms with Gasteiger partial charge in [-0.1, -0.05) is 12.1 Å². The van der Waals surface area contributed by atoms with Crippen molar-refractivity contribution < 1.29 is 22.7 Å². The maximum absolute atomic E-state index is 14.6. The molecule has 0 atom stereocenters. The second kappa shape index (κ2) is 12.0. The van der Waals surface area contributed by atoms with Crippen LogP contribution in [0.4, 0.5) is 15.9 Å². The zero-order valence-corrected chi connectivity index (χ0v) is 21.9. The van der Waals surface area contributed by atoms with Crippen LogP contribution in [0.5, 0.6) is 0 Å². The largest absolute Gasteiger partial charge is 0.483 e. The standard InChI is InChI=1S/C22H28FN5O2S2.CH2O2/c1-15-19(9-10-21(26-15)32(29,30)27-20-13-31-14-25-20)24-11-17-16(7-6-8-18(17)23)12-28(5)22(2,3)4;2-1-3/h6-10,13-14,24,27H,11-12H2,1-5H3;1H,(H,2,3). The Hall–Kier alpha value is -3.09. The van der Waals surface area contributed by atoms with Gasteiger partial charge in [-0.05, 0) is 58.5 Å². The lowest BCUT2D eigenvalue weighted by Gasteiger charge is -2.32. The molecule has 35 heavy (non-hydrogen) atoms. The van der Waals surface area contributed by atoms with E-state index in [1.807, 2.05) is 13.1 Å². The summed E-state index contributed by atoms with van der Waals surface area (Å²) in [5.74, 6) is -0.0291. The predicted octanol–water partition coefficient (Wildman–Crippen LogP) is 4.33. The van der Waals surface area contributed by atoms with Crippen molar-refractivity contribution in [3.05, 3.63) is 63.9 Å². The van der Waals surface area contributed by atoms with E-state index in [2.05, 4.69) is 45.7 Å². The summed E-state index contributed by atoms with van der Waals surface area (Å²) in [4.78, 5) is 18.7. The van der Waals surface area contributed by atoms with Gasteiger partial charge < -0.3 is 10.4 Å². The lowest BCUT2D eigenvalue weighted by Crippen LogP contribution is -2.37. The van der Waals surface area contributed by atoms with Crippen LogP contribution >= 0.6 is 11.3 Å². The minimum atomic E-state index is -3.84. The first-order valence-electron chi connectivity index (χ1n) is 10.6. The third-order valence-electron chi connectivity index (χ3n) is 5.23. The number of nitrogens with one attached hydrogen (secondary N) is 2. The number of nitrogens with zero attached hydrogens (tertiary/aromatic N) is 3. The number of benzene rings is 1. The summed E-state index contributed by atoms with van der Waals surface area (Å²) in [5.41, 5.74) is 4.09. The van der Waals surface area contributed by atoms with E-state index in [9.17, 15) is 12.8 Å². The fourth-order valence-corrected chi connectivity index (χ4v) is 4.51. The summed E-state index contributed by atoms with van der Waals surface area (Å²) in [6, 6.07) is 8.14. The summed E-state index contributed by atoms with van der Waals surface area (Å²) < 4.78 is 42.1. The molecule has 1 aromatic carbocycles. The summed E-state index contributed by atoms with van der Waals surface area (Å²) in [6.07, 6.45) is 0. The molecule has 0 aliphatic carbocycles. The molecule has 0 fully saturated rings. The van der Waals surface area contributed by atoms with Crippen LogP contribution < -0.4 is 10.0 Å². The Morgan fingerprint density at radius 2 is 1.91 bits per heavy atom. The first-order valence-corrected chi connectivity index (χ1v) is 13.0. The Labute approximate surface area is 209 Å². The van der Waals surface area contributed by atoms with Crippen molar-refractivity contribution in [1.29, 1.82) is 0 Å². The van der Waals surface area contributed by atoms with Gasteiger partial charge in [0.15, 0.2) is 10.8 Å². The quantitative estimate of drug-likeness (QED) is 0.373. The van der Waals surface area contributed by atoms with Crippen molar-refractivity contribution in [1.82, 2.24) is 14.9 Å². The number of aromatic nitrogens is 2. The van der Waals surface area contributed by atoms with Crippen LogP contribution in [0.25, 0.3) is 0 Å². The minimum Gasteiger partial charge on any atom is -0.483 e. The van der Waals surface area contributed by atoms with Crippen LogP contribution in [0, 0.1) is 12.7 Å². The van der Waals surface area contributed by atoms with Gasteiger partial charge in [0.1, 0.15) is 5.82 Å². The number of hydrogen-bond donors (Lipinski definition) is 3. The molecule has 3 rings (SSSR count). The molecule has 0 amide bonds. The van der Waals surface area contributed by atoms with Crippen LogP contribution in [0.2, 0.25) is 0 Å². The van der Waals surface area contributed by atoms with Crippen molar-refractivity contribution in [2.24, 2.45) is 0 Å². The van der Waals surface area contributed by atoms with Crippen molar-refractivity contribution >= 4 is 39.3 Å². The molecule has 0 spiro atoms. The van der Waals surface area contributed by atoms with E-state index >= 15 is 0 Å². The number of pyridine rings is 1. The van der Waals surface area contributed by atoms with Gasteiger partial charge in [0.05, 0.1) is 16.9 Å². The fraction of sp³-hybridized carbons (Fsp3) is 0.348. The summed E-state index contributed by atoms with van der Waals surface area (Å²) in [6.45, 7) is 8.65. The Kier molecular flexibility index (Phi) is 9.69. The Morgan fingerprint density at radius 1 is 1.23 bits per heavy atom. The molecule has 190 valence electrons. The molecule has 3 aromatic rings. The number of anilines is 2. The molecule has 0 aliphatic rings. The number of aryl methyl sites for hydroxylation is 1. The average molecular weight is 524 g/mol. The number of rotatable bonds is 8. The van der Waals surface area contributed by atoms with Crippen LogP contribution in [0.1, 0.15) is 37.6 Å². The Balaban J connectivity index is 0.00000137. The van der Waals surface area contributed by atoms with Gasteiger partial charge in [0.2, 0.25) is 0 Å². The number of sulfonamides is 1. The zero-order valence-electron chi connectivity index (χ0n) is 20.2. The van der Waals surface area contributed by atoms with E-state index in [-0.39, 0.29) is 35.2 Å². The minimum absolute atomic E-state index is 0.0502. The maximum atomic E-state index is 14.6. The number of carboxylic acid groups (broad SMARTS) is 1. The SMILES string of the molecule is Cc1nc(S(=O)(=O)Nc2cscn2)ccc1NCc1c(F)cccc1CN(C)C(C)(C)C.O=CO. The van der Waals surface area contributed by atoms with Crippen LogP contribution in [-0.4, -0.2) is 47.5 Å². The van der Waals surface area contributed by atoms with Crippen LogP contribution in [0.15, 0.2) is 46.2 Å². The lowest BCUT2D eigenvalue weighted by molar-refractivity contribution is -0.122. The molecule has 3 N–H and O–H groups in total. The van der Waals surface area contributed by atoms with E-state index < -0.39 is 10.0 Å². The Bertz CT molecular complexity index is 1230. The molecule has 12 heteroatoms. The van der Waals surface area contributed by atoms with Gasteiger partial charge in [-0.2, -0.15) is 8.42 Å². The number of carbonyl (C=O) groups is 1. The molecule has 9 nitrogen and oxygen atoms in total. The van der Waals surface area contributed by atoms with Gasteiger partial charge in [0.25, 0.3) is 16.5 Å². The summed E-state index contributed by atoms with van der Waals surface area (Å²) >= 11 is 1.29. The average Bonchev–Trinajstić information content (AvgIpc) is 3.26. The normalized spacial score (nSPS) is 11.5. The van der Waals surface area contributed by atoms with Crippen molar-refractivity contribution in [2.75, 3.05) is 17.1 Å². The topological polar surface area (TPSA) is 125 Å². The molecule has 0 radical (unpaired) electrons. The third kappa shape index (κ3) is 7.98. The predicted molar refractivity (Wildman–Crippen MR) is 136 cm³/mol. The highest BCUT2D eigenvalue weighted by molar-refractivity contribution is 7.92. The fourth-order valence-electron chi connectivity index (χ4n) is 2.95. The van der Waals surface area contributed by atoms with E-state index in [0.29, 0.717) is 23.5 Å². The molecule has 0 bridgehead atoms. The van der Waals surface area contributed by atoms with E-state index in [0.717, 1.165) is 5.56 Å². The smallest absolute Gasteiger partial charge is 0.290 e. The van der Waals surface area contributed by atoms with E-state index in [1.54, 1.807) is 29.9 Å². The zero-order chi connectivity index (χ0) is 26.2. The molecule has 0 aliphatic heterocycles. The van der Waals surface area contributed by atoms with Crippen molar-refractivity contribution in [3.63, 3.8) is 0 Å². The van der Waals surface area contributed by atoms with Crippen molar-refractivity contribution in [2.45, 2.75) is 51.3 Å². The number of hydrogen-bond acceptors (Lipinski definition) is 8.